The van der Waals surface area contributed by atoms with Gasteiger partial charge in [-0.25, -0.2) is 0 Å². The van der Waals surface area contributed by atoms with E-state index < -0.39 is 35.4 Å². The number of hydrogen-bond donors (Lipinski definition) is 6. The van der Waals surface area contributed by atoms with Gasteiger partial charge in [0.25, 0.3) is 0 Å². The third-order valence-electron chi connectivity index (χ3n) is 3.28. The Kier molecular flexibility index (Phi) is 11.7. The van der Waals surface area contributed by atoms with Gasteiger partial charge in [0.1, 0.15) is 0 Å². The highest BCUT2D eigenvalue weighted by molar-refractivity contribution is 6.48. The maximum atomic E-state index is 12.2. The number of hydrogen-bond acceptors (Lipinski definition) is 6. The van der Waals surface area contributed by atoms with Gasteiger partial charge in [-0.2, -0.15) is 0 Å². The summed E-state index contributed by atoms with van der Waals surface area (Å²) in [6.07, 6.45) is 1.34. The molecule has 0 aliphatic rings. The Labute approximate surface area is 156 Å². The number of ketones is 2. The lowest BCUT2D eigenvalue weighted by Crippen LogP contribution is -2.50. The number of nitrogens with two attached hydrogens (primary N) is 5. The molecule has 0 fully saturated rings. The lowest BCUT2D eigenvalue weighted by Gasteiger charge is -2.19. The summed E-state index contributed by atoms with van der Waals surface area (Å²) in [7, 11) is 0. The van der Waals surface area contributed by atoms with Crippen molar-refractivity contribution in [3.05, 3.63) is 0 Å². The molecule has 0 aliphatic heterocycles. The normalized spacial score (nSPS) is 12.5. The highest BCUT2D eigenvalue weighted by Gasteiger charge is 2.27. The number of aliphatic imine (C=N–C) groups is 2. The summed E-state index contributed by atoms with van der Waals surface area (Å²) < 4.78 is 0. The maximum Gasteiger partial charge on any atom is 0.237 e. The van der Waals surface area contributed by atoms with Crippen LogP contribution in [0.1, 0.15) is 25.7 Å². The van der Waals surface area contributed by atoms with Gasteiger partial charge in [-0.1, -0.05) is 0 Å². The van der Waals surface area contributed by atoms with E-state index in [0.717, 1.165) is 0 Å². The van der Waals surface area contributed by atoms with E-state index in [1.807, 2.05) is 0 Å². The number of Topliss-reactive ketones (excluding diaryl/α,β-unsaturated/α-hetero) is 2. The van der Waals surface area contributed by atoms with Crippen molar-refractivity contribution in [2.45, 2.75) is 37.8 Å². The molecule has 0 aromatic carbocycles. The van der Waals surface area contributed by atoms with Crippen molar-refractivity contribution in [1.29, 1.82) is 0 Å². The molecule has 148 valence electrons. The van der Waals surface area contributed by atoms with Crippen LogP contribution >= 0.6 is 11.6 Å². The van der Waals surface area contributed by atoms with Crippen LogP contribution in [0.4, 0.5) is 0 Å². The largest absolute Gasteiger partial charge is 0.370 e. The van der Waals surface area contributed by atoms with Crippen molar-refractivity contribution in [2.24, 2.45) is 38.7 Å². The molecule has 0 aromatic rings. The van der Waals surface area contributed by atoms with Crippen molar-refractivity contribution in [3.8, 4) is 0 Å². The van der Waals surface area contributed by atoms with Gasteiger partial charge in [-0.3, -0.25) is 24.4 Å². The van der Waals surface area contributed by atoms with Gasteiger partial charge < -0.3 is 34.0 Å². The van der Waals surface area contributed by atoms with E-state index in [0.29, 0.717) is 25.8 Å². The van der Waals surface area contributed by atoms with Crippen LogP contribution < -0.4 is 34.0 Å². The third-order valence-corrected chi connectivity index (χ3v) is 3.52. The van der Waals surface area contributed by atoms with Crippen LogP contribution in [0, 0.1) is 0 Å². The molecular weight excluding hydrogens is 364 g/mol. The lowest BCUT2D eigenvalue weighted by molar-refractivity contribution is -0.137. The number of carbonyl (C=O) groups is 3. The van der Waals surface area contributed by atoms with Crippen LogP contribution in [0.25, 0.3) is 0 Å². The molecule has 11 nitrogen and oxygen atoms in total. The fourth-order valence-electron chi connectivity index (χ4n) is 1.96. The van der Waals surface area contributed by atoms with Gasteiger partial charge in [-0.15, -0.1) is 11.6 Å². The van der Waals surface area contributed by atoms with Gasteiger partial charge in [0.05, 0.1) is 18.0 Å². The second-order valence-corrected chi connectivity index (χ2v) is 5.75. The van der Waals surface area contributed by atoms with Gasteiger partial charge in [0.15, 0.2) is 11.9 Å². The first kappa shape index (κ1) is 23.6. The zero-order valence-corrected chi connectivity index (χ0v) is 15.2. The minimum atomic E-state index is -1.04. The van der Waals surface area contributed by atoms with Crippen molar-refractivity contribution in [2.75, 3.05) is 19.0 Å². The Hall–Kier alpha value is -2.40. The van der Waals surface area contributed by atoms with Crippen molar-refractivity contribution in [1.82, 2.24) is 5.32 Å². The average Bonchev–Trinajstić information content (AvgIpc) is 2.59. The smallest absolute Gasteiger partial charge is 0.237 e. The summed E-state index contributed by atoms with van der Waals surface area (Å²) in [4.78, 5) is 43.3. The molecule has 0 aliphatic carbocycles. The van der Waals surface area contributed by atoms with Gasteiger partial charge in [0.2, 0.25) is 17.5 Å². The van der Waals surface area contributed by atoms with E-state index in [4.69, 9.17) is 40.3 Å². The first-order valence-corrected chi connectivity index (χ1v) is 8.52. The van der Waals surface area contributed by atoms with E-state index in [-0.39, 0.29) is 24.9 Å². The minimum Gasteiger partial charge on any atom is -0.370 e. The molecule has 0 spiro atoms. The Morgan fingerprint density at radius 2 is 1.42 bits per heavy atom. The molecule has 11 N–H and O–H groups in total. The van der Waals surface area contributed by atoms with E-state index in [1.54, 1.807) is 0 Å². The molecule has 0 heterocycles. The van der Waals surface area contributed by atoms with Crippen LogP contribution in [0.3, 0.4) is 0 Å². The minimum absolute atomic E-state index is 0.0472. The van der Waals surface area contributed by atoms with Crippen molar-refractivity contribution < 1.29 is 14.4 Å². The van der Waals surface area contributed by atoms with Crippen LogP contribution in [-0.2, 0) is 14.4 Å². The number of nitrogens with zero attached hydrogens (tertiary/aromatic N) is 2. The molecule has 0 unspecified atom stereocenters. The number of amides is 1. The number of rotatable bonds is 13. The Bertz CT molecular complexity index is 544. The number of halogens is 1. The Morgan fingerprint density at radius 3 is 1.88 bits per heavy atom. The molecule has 0 rings (SSSR count). The Morgan fingerprint density at radius 1 is 0.923 bits per heavy atom. The highest BCUT2D eigenvalue weighted by atomic mass is 35.5. The van der Waals surface area contributed by atoms with E-state index in [2.05, 4.69) is 15.3 Å². The number of carbonyl (C=O) groups excluding carboxylic acids is 3. The van der Waals surface area contributed by atoms with E-state index in [9.17, 15) is 14.4 Å². The van der Waals surface area contributed by atoms with Crippen LogP contribution in [0.5, 0.6) is 0 Å². The predicted molar refractivity (Wildman–Crippen MR) is 100 cm³/mol. The molecule has 0 saturated carbocycles. The van der Waals surface area contributed by atoms with Gasteiger partial charge >= 0.3 is 0 Å². The molecule has 26 heavy (non-hydrogen) atoms. The monoisotopic (exact) mass is 390 g/mol. The summed E-state index contributed by atoms with van der Waals surface area (Å²) in [5.41, 5.74) is 26.6. The quantitative estimate of drug-likeness (QED) is 0.0636. The average molecular weight is 391 g/mol. The second kappa shape index (κ2) is 12.9. The summed E-state index contributed by atoms with van der Waals surface area (Å²) in [5, 5.41) is 2.48. The van der Waals surface area contributed by atoms with E-state index >= 15 is 0 Å². The zero-order valence-electron chi connectivity index (χ0n) is 14.5. The van der Waals surface area contributed by atoms with Crippen molar-refractivity contribution >= 4 is 41.0 Å². The van der Waals surface area contributed by atoms with Gasteiger partial charge in [0, 0.05) is 13.1 Å². The number of guanidine groups is 2. The molecule has 12 heteroatoms. The number of nitrogens with one attached hydrogen (secondary N) is 1. The lowest BCUT2D eigenvalue weighted by atomic mass is 10.0. The Balaban J connectivity index is 4.69. The predicted octanol–water partition coefficient (Wildman–Crippen LogP) is -2.72. The molecule has 1 amide bonds. The molecule has 0 aromatic heterocycles. The summed E-state index contributed by atoms with van der Waals surface area (Å²) in [6, 6.07) is -1.91. The first-order valence-electron chi connectivity index (χ1n) is 7.98. The highest BCUT2D eigenvalue weighted by Crippen LogP contribution is 2.04. The molecule has 0 radical (unpaired) electrons. The SMILES string of the molecule is NC(N)=NCCC[C@H](NC(=O)[C@@H](N)CCCN=C(N)N)C(=O)C(=O)CCl. The topological polar surface area (TPSA) is 218 Å². The molecule has 0 bridgehead atoms. The number of alkyl halides is 1. The van der Waals surface area contributed by atoms with Gasteiger partial charge in [-0.05, 0) is 25.7 Å². The standard InChI is InChI=1S/C14H27ClN8O3/c15-7-10(24)11(25)9(4-2-6-22-14(19)20)23-12(26)8(16)3-1-5-21-13(17)18/h8-9H,1-7,16H2,(H,23,26)(H4,17,18,21)(H4,19,20,22)/t8-,9-/m0/s1. The van der Waals surface area contributed by atoms with Crippen LogP contribution in [0.15, 0.2) is 9.98 Å². The second-order valence-electron chi connectivity index (χ2n) is 5.49. The fraction of sp³-hybridized carbons (Fsp3) is 0.643. The van der Waals surface area contributed by atoms with Crippen LogP contribution in [0.2, 0.25) is 0 Å². The maximum absolute atomic E-state index is 12.2. The van der Waals surface area contributed by atoms with Crippen LogP contribution in [-0.4, -0.2) is 60.4 Å². The fourth-order valence-corrected chi connectivity index (χ4v) is 2.09. The molecule has 0 saturated heterocycles. The first-order chi connectivity index (χ1) is 12.2. The third kappa shape index (κ3) is 10.5. The summed E-state index contributed by atoms with van der Waals surface area (Å²) in [6.45, 7) is 0.580. The zero-order chi connectivity index (χ0) is 20.1. The summed E-state index contributed by atoms with van der Waals surface area (Å²) in [5.74, 6) is -2.74. The molecule has 2 atom stereocenters. The van der Waals surface area contributed by atoms with Crippen molar-refractivity contribution in [3.63, 3.8) is 0 Å². The van der Waals surface area contributed by atoms with E-state index in [1.165, 1.54) is 0 Å². The summed E-state index contributed by atoms with van der Waals surface area (Å²) >= 11 is 5.41. The molecular formula is C14H27ClN8O3.